The zero-order chi connectivity index (χ0) is 20.2. The van der Waals surface area contributed by atoms with Gasteiger partial charge in [0, 0.05) is 12.7 Å². The third-order valence-corrected chi connectivity index (χ3v) is 4.65. The second-order valence-corrected chi connectivity index (χ2v) is 6.78. The van der Waals surface area contributed by atoms with Crippen LogP contribution in [0.5, 0.6) is 5.75 Å². The van der Waals surface area contributed by atoms with Crippen molar-refractivity contribution in [3.8, 4) is 17.1 Å². The molecule has 1 saturated heterocycles. The van der Waals surface area contributed by atoms with Gasteiger partial charge in [-0.3, -0.25) is 4.79 Å². The van der Waals surface area contributed by atoms with Gasteiger partial charge >= 0.3 is 0 Å². The van der Waals surface area contributed by atoms with Gasteiger partial charge in [0.1, 0.15) is 24.3 Å². The van der Waals surface area contributed by atoms with E-state index in [-0.39, 0.29) is 30.9 Å². The molecule has 7 nitrogen and oxygen atoms in total. The average molecular weight is 397 g/mol. The van der Waals surface area contributed by atoms with Gasteiger partial charge in [-0.2, -0.15) is 4.98 Å². The minimum atomic E-state index is -0.356. The van der Waals surface area contributed by atoms with Crippen LogP contribution in [0.4, 0.5) is 4.39 Å². The molecule has 4 rings (SSSR count). The fourth-order valence-corrected chi connectivity index (χ4v) is 3.06. The van der Waals surface area contributed by atoms with Crippen molar-refractivity contribution >= 4 is 5.91 Å². The summed E-state index contributed by atoms with van der Waals surface area (Å²) in [6.07, 6.45) is -0.0203. The topological polar surface area (TPSA) is 77.7 Å². The van der Waals surface area contributed by atoms with Crippen molar-refractivity contribution in [3.05, 3.63) is 65.8 Å². The molecule has 1 aromatic heterocycles. The van der Waals surface area contributed by atoms with Crippen molar-refractivity contribution in [2.45, 2.75) is 19.1 Å². The second kappa shape index (κ2) is 8.40. The number of methoxy groups -OCH3 is 1. The number of hydrogen-bond donors (Lipinski definition) is 0. The first-order chi connectivity index (χ1) is 14.1. The van der Waals surface area contributed by atoms with E-state index in [2.05, 4.69) is 10.1 Å². The molecule has 0 N–H and O–H groups in total. The number of aromatic nitrogens is 2. The molecule has 29 heavy (non-hydrogen) atoms. The Balaban J connectivity index is 1.28. The van der Waals surface area contributed by atoms with Gasteiger partial charge < -0.3 is 18.9 Å². The highest BCUT2D eigenvalue weighted by Crippen LogP contribution is 2.23. The lowest BCUT2D eigenvalue weighted by atomic mass is 10.1. The van der Waals surface area contributed by atoms with Crippen LogP contribution in [-0.2, 0) is 22.6 Å². The van der Waals surface area contributed by atoms with E-state index in [0.717, 1.165) is 5.56 Å². The summed E-state index contributed by atoms with van der Waals surface area (Å²) in [6.45, 7) is 1.24. The number of nitrogens with zero attached hydrogens (tertiary/aromatic N) is 3. The molecule has 0 aliphatic carbocycles. The Bertz CT molecular complexity index is 984. The Morgan fingerprint density at radius 3 is 2.69 bits per heavy atom. The van der Waals surface area contributed by atoms with E-state index >= 15 is 0 Å². The summed E-state index contributed by atoms with van der Waals surface area (Å²) in [5.74, 6) is 1.13. The lowest BCUT2D eigenvalue weighted by Gasteiger charge is -2.39. The van der Waals surface area contributed by atoms with Gasteiger partial charge in [0.05, 0.1) is 19.5 Å². The number of carbonyl (C=O) groups is 1. The maximum atomic E-state index is 13.7. The highest BCUT2D eigenvalue weighted by Gasteiger charge is 2.32. The molecule has 3 aromatic rings. The van der Waals surface area contributed by atoms with Gasteiger partial charge in [-0.25, -0.2) is 4.39 Å². The van der Waals surface area contributed by atoms with Crippen LogP contribution in [0.3, 0.4) is 0 Å². The van der Waals surface area contributed by atoms with Crippen molar-refractivity contribution in [2.75, 3.05) is 20.2 Å². The highest BCUT2D eigenvalue weighted by atomic mass is 19.1. The minimum absolute atomic E-state index is 0.0594. The highest BCUT2D eigenvalue weighted by molar-refractivity contribution is 5.79. The Hall–Kier alpha value is -3.26. The van der Waals surface area contributed by atoms with Crippen LogP contribution in [0.1, 0.15) is 11.5 Å². The molecular weight excluding hydrogens is 377 g/mol. The number of hydrogen-bond acceptors (Lipinski definition) is 6. The molecule has 1 amide bonds. The van der Waals surface area contributed by atoms with Crippen molar-refractivity contribution in [2.24, 2.45) is 0 Å². The zero-order valence-electron chi connectivity index (χ0n) is 15.9. The molecule has 2 heterocycles. The normalized spacial score (nSPS) is 13.9. The molecule has 0 saturated carbocycles. The number of benzene rings is 2. The van der Waals surface area contributed by atoms with E-state index in [1.807, 2.05) is 24.3 Å². The number of likely N-dealkylation sites (tertiary alicyclic amines) is 1. The van der Waals surface area contributed by atoms with Crippen LogP contribution >= 0.6 is 0 Å². The molecule has 0 spiro atoms. The van der Waals surface area contributed by atoms with E-state index in [0.29, 0.717) is 36.1 Å². The van der Waals surface area contributed by atoms with Crippen LogP contribution < -0.4 is 4.74 Å². The summed E-state index contributed by atoms with van der Waals surface area (Å²) in [5, 5.41) is 3.92. The van der Waals surface area contributed by atoms with Crippen molar-refractivity contribution in [1.29, 1.82) is 0 Å². The van der Waals surface area contributed by atoms with Crippen LogP contribution in [0.25, 0.3) is 11.4 Å². The van der Waals surface area contributed by atoms with E-state index in [1.54, 1.807) is 30.2 Å². The molecule has 1 aliphatic heterocycles. The summed E-state index contributed by atoms with van der Waals surface area (Å²) in [5.41, 5.74) is 1.21. The predicted molar refractivity (Wildman–Crippen MR) is 102 cm³/mol. The second-order valence-electron chi connectivity index (χ2n) is 6.78. The summed E-state index contributed by atoms with van der Waals surface area (Å²) in [4.78, 5) is 18.2. The Morgan fingerprint density at radius 1 is 1.21 bits per heavy atom. The molecular formula is C21H20FN3O4. The van der Waals surface area contributed by atoms with Gasteiger partial charge in [0.25, 0.3) is 5.89 Å². The van der Waals surface area contributed by atoms with Gasteiger partial charge in [-0.1, -0.05) is 23.4 Å². The third kappa shape index (κ3) is 4.43. The zero-order valence-corrected chi connectivity index (χ0v) is 15.9. The summed E-state index contributed by atoms with van der Waals surface area (Å²) >= 11 is 0. The Kier molecular flexibility index (Phi) is 5.53. The molecule has 150 valence electrons. The summed E-state index contributed by atoms with van der Waals surface area (Å²) in [6, 6.07) is 13.7. The average Bonchev–Trinajstić information content (AvgIpc) is 3.15. The molecule has 2 aromatic carbocycles. The molecule has 0 bridgehead atoms. The number of halogens is 1. The SMILES string of the molecule is COCc1nc(-c2ccc(OC3CN(C(=O)Cc4ccccc4F)C3)cc2)no1. The first kappa shape index (κ1) is 19.1. The quantitative estimate of drug-likeness (QED) is 0.610. The lowest BCUT2D eigenvalue weighted by molar-refractivity contribution is -0.139. The van der Waals surface area contributed by atoms with Crippen molar-refractivity contribution in [1.82, 2.24) is 15.0 Å². The molecule has 1 fully saturated rings. The molecule has 0 radical (unpaired) electrons. The van der Waals surface area contributed by atoms with Crippen LogP contribution in [0.2, 0.25) is 0 Å². The fraction of sp³-hybridized carbons (Fsp3) is 0.286. The third-order valence-electron chi connectivity index (χ3n) is 4.65. The Labute approximate surface area is 167 Å². The van der Waals surface area contributed by atoms with Gasteiger partial charge in [0.2, 0.25) is 11.7 Å². The standard InChI is InChI=1S/C21H20FN3O4/c1-27-13-19-23-21(24-29-19)14-6-8-16(9-7-14)28-17-11-25(12-17)20(26)10-15-4-2-3-5-18(15)22/h2-9,17H,10-13H2,1H3. The maximum Gasteiger partial charge on any atom is 0.252 e. The number of carbonyl (C=O) groups excluding carboxylic acids is 1. The number of ether oxygens (including phenoxy) is 2. The lowest BCUT2D eigenvalue weighted by Crippen LogP contribution is -2.56. The first-order valence-electron chi connectivity index (χ1n) is 9.22. The van der Waals surface area contributed by atoms with Crippen LogP contribution in [-0.4, -0.2) is 47.3 Å². The van der Waals surface area contributed by atoms with Gasteiger partial charge in [0.15, 0.2) is 0 Å². The molecule has 1 aliphatic rings. The number of amides is 1. The minimum Gasteiger partial charge on any atom is -0.487 e. The summed E-state index contributed by atoms with van der Waals surface area (Å²) in [7, 11) is 1.56. The van der Waals surface area contributed by atoms with E-state index in [1.165, 1.54) is 6.07 Å². The van der Waals surface area contributed by atoms with Gasteiger partial charge in [-0.05, 0) is 35.9 Å². The van der Waals surface area contributed by atoms with Crippen molar-refractivity contribution in [3.63, 3.8) is 0 Å². The molecule has 8 heteroatoms. The van der Waals surface area contributed by atoms with Crippen LogP contribution in [0.15, 0.2) is 53.1 Å². The summed E-state index contributed by atoms with van der Waals surface area (Å²) < 4.78 is 29.6. The largest absolute Gasteiger partial charge is 0.487 e. The Morgan fingerprint density at radius 2 is 1.97 bits per heavy atom. The fourth-order valence-electron chi connectivity index (χ4n) is 3.06. The predicted octanol–water partition coefficient (Wildman–Crippen LogP) is 2.85. The van der Waals surface area contributed by atoms with E-state index in [9.17, 15) is 9.18 Å². The smallest absolute Gasteiger partial charge is 0.252 e. The molecule has 0 atom stereocenters. The van der Waals surface area contributed by atoms with Gasteiger partial charge in [-0.15, -0.1) is 0 Å². The van der Waals surface area contributed by atoms with Crippen LogP contribution in [0, 0.1) is 5.82 Å². The van der Waals surface area contributed by atoms with E-state index < -0.39 is 0 Å². The van der Waals surface area contributed by atoms with E-state index in [4.69, 9.17) is 14.0 Å². The number of rotatable bonds is 7. The molecule has 0 unspecified atom stereocenters. The monoisotopic (exact) mass is 397 g/mol. The van der Waals surface area contributed by atoms with Crippen molar-refractivity contribution < 1.29 is 23.2 Å². The first-order valence-corrected chi connectivity index (χ1v) is 9.22. The maximum absolute atomic E-state index is 13.7.